The lowest BCUT2D eigenvalue weighted by Crippen LogP contribution is -2.36. The van der Waals surface area contributed by atoms with Crippen LogP contribution in [0.15, 0.2) is 83.8 Å². The molecule has 0 bridgehead atoms. The van der Waals surface area contributed by atoms with E-state index in [0.717, 1.165) is 17.1 Å². The number of carbonyl (C=O) groups is 1. The lowest BCUT2D eigenvalue weighted by Gasteiger charge is -2.16. The quantitative estimate of drug-likeness (QED) is 0.516. The monoisotopic (exact) mass is 391 g/mol. The van der Waals surface area contributed by atoms with E-state index in [2.05, 4.69) is 17.4 Å². The minimum absolute atomic E-state index is 0.0804. The van der Waals surface area contributed by atoms with Crippen molar-refractivity contribution in [1.82, 2.24) is 5.32 Å². The minimum atomic E-state index is -0.0829. The maximum absolute atomic E-state index is 12.5. The van der Waals surface area contributed by atoms with Crippen molar-refractivity contribution < 1.29 is 9.53 Å². The molecule has 0 fully saturated rings. The van der Waals surface area contributed by atoms with Crippen LogP contribution < -0.4 is 10.1 Å². The molecule has 0 spiro atoms. The zero-order valence-electron chi connectivity index (χ0n) is 16.2. The van der Waals surface area contributed by atoms with Crippen LogP contribution in [-0.4, -0.2) is 18.6 Å². The van der Waals surface area contributed by atoms with Crippen LogP contribution in [0.1, 0.15) is 28.4 Å². The third-order valence-corrected chi connectivity index (χ3v) is 5.41. The molecule has 3 aromatic carbocycles. The van der Waals surface area contributed by atoms with E-state index in [-0.39, 0.29) is 11.9 Å². The number of nitrogens with one attached hydrogen (secondary N) is 1. The molecule has 0 heterocycles. The zero-order chi connectivity index (χ0) is 19.8. The molecular formula is C24H25NO2S. The first kappa shape index (κ1) is 20.0. The second kappa shape index (κ2) is 10.00. The number of thioether (sulfide) groups is 1. The van der Waals surface area contributed by atoms with E-state index in [1.165, 1.54) is 10.5 Å². The van der Waals surface area contributed by atoms with Gasteiger partial charge in [0.05, 0.1) is 6.04 Å². The molecule has 1 atom stereocenters. The molecule has 1 amide bonds. The highest BCUT2D eigenvalue weighted by Gasteiger charge is 2.11. The van der Waals surface area contributed by atoms with Crippen molar-refractivity contribution in [3.05, 3.63) is 95.6 Å². The summed E-state index contributed by atoms with van der Waals surface area (Å²) < 4.78 is 5.81. The predicted octanol–water partition coefficient (Wildman–Crippen LogP) is 5.48. The van der Waals surface area contributed by atoms with Crippen molar-refractivity contribution in [1.29, 1.82) is 0 Å². The first-order valence-corrected chi connectivity index (χ1v) is 10.4. The molecule has 3 rings (SSSR count). The Hall–Kier alpha value is -2.72. The summed E-state index contributed by atoms with van der Waals surface area (Å²) in [4.78, 5) is 13.7. The Morgan fingerprint density at radius 2 is 1.64 bits per heavy atom. The first-order valence-electron chi connectivity index (χ1n) is 9.38. The molecule has 0 aliphatic carbocycles. The molecule has 28 heavy (non-hydrogen) atoms. The Bertz CT molecular complexity index is 894. The molecule has 0 unspecified atom stereocenters. The molecule has 3 aromatic rings. The van der Waals surface area contributed by atoms with Gasteiger partial charge in [-0.3, -0.25) is 4.79 Å². The summed E-state index contributed by atoms with van der Waals surface area (Å²) in [5.74, 6) is 1.65. The smallest absolute Gasteiger partial charge is 0.251 e. The van der Waals surface area contributed by atoms with E-state index in [0.29, 0.717) is 12.2 Å². The number of benzene rings is 3. The predicted molar refractivity (Wildman–Crippen MR) is 116 cm³/mol. The average Bonchev–Trinajstić information content (AvgIpc) is 2.73. The Morgan fingerprint density at radius 3 is 2.36 bits per heavy atom. The van der Waals surface area contributed by atoms with Gasteiger partial charge >= 0.3 is 0 Å². The van der Waals surface area contributed by atoms with Gasteiger partial charge in [-0.1, -0.05) is 48.5 Å². The summed E-state index contributed by atoms with van der Waals surface area (Å²) in [7, 11) is 0. The summed E-state index contributed by atoms with van der Waals surface area (Å²) in [6.45, 7) is 4.39. The van der Waals surface area contributed by atoms with Gasteiger partial charge in [0.15, 0.2) is 0 Å². The zero-order valence-corrected chi connectivity index (χ0v) is 17.0. The van der Waals surface area contributed by atoms with Gasteiger partial charge in [0.1, 0.15) is 12.4 Å². The SMILES string of the molecule is Cc1ccccc1OC[C@@H](C)NC(=O)c1ccc(CSc2ccccc2)cc1. The fourth-order valence-corrected chi connectivity index (χ4v) is 3.59. The van der Waals surface area contributed by atoms with E-state index >= 15 is 0 Å². The molecule has 4 heteroatoms. The fourth-order valence-electron chi connectivity index (χ4n) is 2.72. The van der Waals surface area contributed by atoms with Gasteiger partial charge in [-0.2, -0.15) is 0 Å². The first-order chi connectivity index (χ1) is 13.6. The highest BCUT2D eigenvalue weighted by molar-refractivity contribution is 7.98. The topological polar surface area (TPSA) is 38.3 Å². The van der Waals surface area contributed by atoms with E-state index < -0.39 is 0 Å². The van der Waals surface area contributed by atoms with Crippen molar-refractivity contribution in [2.45, 2.75) is 30.5 Å². The Kier molecular flexibility index (Phi) is 7.15. The van der Waals surface area contributed by atoms with Crippen LogP contribution in [0, 0.1) is 6.92 Å². The van der Waals surface area contributed by atoms with Gasteiger partial charge < -0.3 is 10.1 Å². The highest BCUT2D eigenvalue weighted by Crippen LogP contribution is 2.22. The van der Waals surface area contributed by atoms with Crippen LogP contribution in [0.2, 0.25) is 0 Å². The number of hydrogen-bond acceptors (Lipinski definition) is 3. The molecule has 3 nitrogen and oxygen atoms in total. The Morgan fingerprint density at radius 1 is 0.964 bits per heavy atom. The minimum Gasteiger partial charge on any atom is -0.491 e. The van der Waals surface area contributed by atoms with E-state index in [4.69, 9.17) is 4.74 Å². The maximum Gasteiger partial charge on any atom is 0.251 e. The number of aryl methyl sites for hydroxylation is 1. The lowest BCUT2D eigenvalue weighted by atomic mass is 10.1. The van der Waals surface area contributed by atoms with Crippen molar-refractivity contribution in [2.24, 2.45) is 0 Å². The molecule has 0 saturated heterocycles. The van der Waals surface area contributed by atoms with Gasteiger partial charge in [0, 0.05) is 16.2 Å². The second-order valence-electron chi connectivity index (χ2n) is 6.75. The molecule has 0 aromatic heterocycles. The lowest BCUT2D eigenvalue weighted by molar-refractivity contribution is 0.0926. The molecule has 0 aliphatic rings. The van der Waals surface area contributed by atoms with Crippen LogP contribution >= 0.6 is 11.8 Å². The van der Waals surface area contributed by atoms with Crippen molar-refractivity contribution in [3.63, 3.8) is 0 Å². The van der Waals surface area contributed by atoms with Crippen LogP contribution in [0.25, 0.3) is 0 Å². The van der Waals surface area contributed by atoms with Gasteiger partial charge in [-0.15, -0.1) is 11.8 Å². The summed E-state index contributed by atoms with van der Waals surface area (Å²) in [5.41, 5.74) is 2.95. The second-order valence-corrected chi connectivity index (χ2v) is 7.80. The molecular weight excluding hydrogens is 366 g/mol. The molecule has 0 radical (unpaired) electrons. The Labute approximate surface area is 171 Å². The van der Waals surface area contributed by atoms with Crippen LogP contribution in [0.5, 0.6) is 5.75 Å². The standard InChI is InChI=1S/C24H25NO2S/c1-18-8-6-7-11-23(18)27-16-19(2)25-24(26)21-14-12-20(13-15-21)17-28-22-9-4-3-5-10-22/h3-15,19H,16-17H2,1-2H3,(H,25,26)/t19-/m1/s1. The van der Waals surface area contributed by atoms with Gasteiger partial charge in [-0.05, 0) is 55.3 Å². The number of para-hydroxylation sites is 1. The molecule has 0 saturated carbocycles. The largest absolute Gasteiger partial charge is 0.491 e. The van der Waals surface area contributed by atoms with Gasteiger partial charge in [-0.25, -0.2) is 0 Å². The van der Waals surface area contributed by atoms with Crippen LogP contribution in [-0.2, 0) is 5.75 Å². The van der Waals surface area contributed by atoms with E-state index in [1.54, 1.807) is 11.8 Å². The van der Waals surface area contributed by atoms with Crippen LogP contribution in [0.4, 0.5) is 0 Å². The number of hydrogen-bond donors (Lipinski definition) is 1. The summed E-state index contributed by atoms with van der Waals surface area (Å²) in [6, 6.07) is 25.9. The third-order valence-electron chi connectivity index (χ3n) is 4.32. The summed E-state index contributed by atoms with van der Waals surface area (Å²) >= 11 is 1.79. The van der Waals surface area contributed by atoms with Crippen molar-refractivity contribution in [3.8, 4) is 5.75 Å². The van der Waals surface area contributed by atoms with Crippen LogP contribution in [0.3, 0.4) is 0 Å². The average molecular weight is 392 g/mol. The van der Waals surface area contributed by atoms with E-state index in [1.807, 2.05) is 80.6 Å². The van der Waals surface area contributed by atoms with Gasteiger partial charge in [0.2, 0.25) is 0 Å². The number of rotatable bonds is 8. The summed E-state index contributed by atoms with van der Waals surface area (Å²) in [6.07, 6.45) is 0. The molecule has 1 N–H and O–H groups in total. The number of amides is 1. The molecule has 144 valence electrons. The Balaban J connectivity index is 1.48. The van der Waals surface area contributed by atoms with Crippen molar-refractivity contribution in [2.75, 3.05) is 6.61 Å². The number of ether oxygens (including phenoxy) is 1. The van der Waals surface area contributed by atoms with Gasteiger partial charge in [0.25, 0.3) is 5.91 Å². The number of carbonyl (C=O) groups excluding carboxylic acids is 1. The summed E-state index contributed by atoms with van der Waals surface area (Å²) in [5, 5.41) is 2.99. The fraction of sp³-hybridized carbons (Fsp3) is 0.208. The van der Waals surface area contributed by atoms with Crippen molar-refractivity contribution >= 4 is 17.7 Å². The molecule has 0 aliphatic heterocycles. The highest BCUT2D eigenvalue weighted by atomic mass is 32.2. The van der Waals surface area contributed by atoms with E-state index in [9.17, 15) is 4.79 Å². The maximum atomic E-state index is 12.5. The normalized spacial score (nSPS) is 11.6. The third kappa shape index (κ3) is 5.89.